The van der Waals surface area contributed by atoms with Crippen molar-refractivity contribution in [2.45, 2.75) is 75.9 Å². The molecule has 1 aromatic heterocycles. The molecule has 8 nitrogen and oxygen atoms in total. The van der Waals surface area contributed by atoms with Gasteiger partial charge in [0.25, 0.3) is 0 Å². The molecule has 4 rings (SSSR count). The van der Waals surface area contributed by atoms with E-state index in [-0.39, 0.29) is 23.5 Å². The molecule has 1 aromatic carbocycles. The average molecular weight is 564 g/mol. The molecule has 2 aromatic rings. The van der Waals surface area contributed by atoms with E-state index in [4.69, 9.17) is 9.47 Å². The van der Waals surface area contributed by atoms with Crippen molar-refractivity contribution >= 4 is 17.7 Å². The highest BCUT2D eigenvalue weighted by molar-refractivity contribution is 5.87. The van der Waals surface area contributed by atoms with Crippen molar-refractivity contribution < 1.29 is 37.3 Å². The largest absolute Gasteiger partial charge is 0.481 e. The average Bonchev–Trinajstić information content (AvgIpc) is 3.28. The molecule has 0 radical (unpaired) electrons. The number of nitrogens with zero attached hydrogens (tertiary/aromatic N) is 2. The van der Waals surface area contributed by atoms with Gasteiger partial charge in [-0.25, -0.2) is 4.79 Å². The van der Waals surface area contributed by atoms with Crippen LogP contribution in [0.15, 0.2) is 42.5 Å². The summed E-state index contributed by atoms with van der Waals surface area (Å²) in [6.07, 6.45) is -0.584. The number of anilines is 1. The van der Waals surface area contributed by atoms with Crippen LogP contribution in [-0.4, -0.2) is 58.8 Å². The summed E-state index contributed by atoms with van der Waals surface area (Å²) in [6, 6.07) is 7.62. The Morgan fingerprint density at radius 3 is 2.25 bits per heavy atom. The Kier molecular flexibility index (Phi) is 8.63. The monoisotopic (exact) mass is 563 g/mol. The molecule has 40 heavy (non-hydrogen) atoms. The molecule has 218 valence electrons. The van der Waals surface area contributed by atoms with Gasteiger partial charge in [-0.3, -0.25) is 4.79 Å². The molecule has 0 unspecified atom stereocenters. The van der Waals surface area contributed by atoms with Crippen molar-refractivity contribution in [2.24, 2.45) is 11.8 Å². The molecule has 0 bridgehead atoms. The van der Waals surface area contributed by atoms with Crippen LogP contribution in [0.5, 0.6) is 5.88 Å². The van der Waals surface area contributed by atoms with E-state index in [1.165, 1.54) is 19.1 Å². The van der Waals surface area contributed by atoms with Crippen molar-refractivity contribution in [3.63, 3.8) is 0 Å². The molecule has 11 heteroatoms. The molecule has 2 heterocycles. The number of methoxy groups -OCH3 is 2. The maximum atomic E-state index is 14.2. The zero-order valence-electron chi connectivity index (χ0n) is 23.1. The second kappa shape index (κ2) is 11.6. The van der Waals surface area contributed by atoms with E-state index >= 15 is 0 Å². The molecule has 2 N–H and O–H groups in total. The van der Waals surface area contributed by atoms with Gasteiger partial charge in [-0.2, -0.15) is 18.2 Å². The van der Waals surface area contributed by atoms with Gasteiger partial charge in [-0.1, -0.05) is 49.6 Å². The van der Waals surface area contributed by atoms with E-state index in [0.717, 1.165) is 31.4 Å². The number of aliphatic carboxylic acids is 1. The maximum Gasteiger partial charge on any atom is 0.416 e. The summed E-state index contributed by atoms with van der Waals surface area (Å²) in [5.74, 6) is -3.07. The van der Waals surface area contributed by atoms with Crippen molar-refractivity contribution in [1.82, 2.24) is 9.88 Å². The summed E-state index contributed by atoms with van der Waals surface area (Å²) in [5, 5.41) is 13.7. The van der Waals surface area contributed by atoms with E-state index in [9.17, 15) is 27.9 Å². The fraction of sp³-hybridized carbons (Fsp3) is 0.552. The standard InChI is InChI=1S/C29H36F3N3O5/c1-28(2,40-4)22-23(34-20-15-19(29(30,31)32)16-21(33-20)39-3)24(17-11-7-5-8-12-17)35(25(22)27(37)38)26(36)18-13-9-6-10-14-18/h5,7-8,11-12,15-16,18,22-25H,6,9-10,13-14H2,1-4H3,(H,33,34)(H,37,38)/t22-,23-,24-,25-/m1/s1. The summed E-state index contributed by atoms with van der Waals surface area (Å²) >= 11 is 0. The van der Waals surface area contributed by atoms with Crippen LogP contribution in [0.25, 0.3) is 0 Å². The lowest BCUT2D eigenvalue weighted by atomic mass is 9.79. The third kappa shape index (κ3) is 5.89. The quantitative estimate of drug-likeness (QED) is 0.435. The van der Waals surface area contributed by atoms with E-state index in [1.54, 1.807) is 44.2 Å². The van der Waals surface area contributed by atoms with E-state index in [1.807, 2.05) is 0 Å². The van der Waals surface area contributed by atoms with Crippen LogP contribution in [-0.2, 0) is 20.5 Å². The summed E-state index contributed by atoms with van der Waals surface area (Å²) in [5.41, 5.74) is -1.41. The van der Waals surface area contributed by atoms with Crippen LogP contribution in [0.4, 0.5) is 19.0 Å². The number of carboxylic acids is 1. The molecule has 1 saturated carbocycles. The predicted octanol–water partition coefficient (Wildman–Crippen LogP) is 5.55. The number of nitrogens with one attached hydrogen (secondary N) is 1. The number of carbonyl (C=O) groups is 2. The topological polar surface area (TPSA) is 101 Å². The Hall–Kier alpha value is -3.34. The Bertz CT molecular complexity index is 1200. The zero-order valence-corrected chi connectivity index (χ0v) is 23.1. The molecular formula is C29H36F3N3O5. The van der Waals surface area contributed by atoms with Gasteiger partial charge in [0, 0.05) is 25.0 Å². The third-order valence-corrected chi connectivity index (χ3v) is 8.25. The highest BCUT2D eigenvalue weighted by Crippen LogP contribution is 2.49. The molecule has 2 fully saturated rings. The number of benzene rings is 1. The number of carboxylic acid groups (broad SMARTS) is 1. The van der Waals surface area contributed by atoms with Gasteiger partial charge >= 0.3 is 12.1 Å². The number of carbonyl (C=O) groups excluding carboxylic acids is 1. The van der Waals surface area contributed by atoms with Gasteiger partial charge in [0.05, 0.1) is 30.4 Å². The molecule has 4 atom stereocenters. The van der Waals surface area contributed by atoms with Crippen molar-refractivity contribution in [2.75, 3.05) is 19.5 Å². The number of alkyl halides is 3. The van der Waals surface area contributed by atoms with Crippen LogP contribution in [0.3, 0.4) is 0 Å². The van der Waals surface area contributed by atoms with Gasteiger partial charge in [-0.15, -0.1) is 0 Å². The number of halogens is 3. The van der Waals surface area contributed by atoms with Gasteiger partial charge in [-0.05, 0) is 38.3 Å². The van der Waals surface area contributed by atoms with Gasteiger partial charge in [0.1, 0.15) is 11.9 Å². The Labute approximate surface area is 231 Å². The number of rotatable bonds is 8. The summed E-state index contributed by atoms with van der Waals surface area (Å²) < 4.78 is 52.0. The zero-order chi connectivity index (χ0) is 29.2. The molecular weight excluding hydrogens is 527 g/mol. The number of pyridine rings is 1. The highest BCUT2D eigenvalue weighted by atomic mass is 19.4. The molecule has 1 aliphatic heterocycles. The summed E-state index contributed by atoms with van der Waals surface area (Å²) in [7, 11) is 2.67. The fourth-order valence-electron chi connectivity index (χ4n) is 6.17. The molecule has 1 saturated heterocycles. The minimum atomic E-state index is -4.67. The number of amides is 1. The summed E-state index contributed by atoms with van der Waals surface area (Å²) in [6.45, 7) is 3.44. The Balaban J connectivity index is 1.91. The predicted molar refractivity (Wildman–Crippen MR) is 142 cm³/mol. The lowest BCUT2D eigenvalue weighted by Gasteiger charge is -2.37. The number of hydrogen-bond acceptors (Lipinski definition) is 6. The number of aromatic nitrogens is 1. The van der Waals surface area contributed by atoms with Gasteiger partial charge in [0.15, 0.2) is 0 Å². The number of ether oxygens (including phenoxy) is 2. The van der Waals surface area contributed by atoms with Crippen molar-refractivity contribution in [3.05, 3.63) is 53.6 Å². The van der Waals surface area contributed by atoms with E-state index in [0.29, 0.717) is 18.4 Å². The molecule has 0 spiro atoms. The van der Waals surface area contributed by atoms with Crippen LogP contribution in [0.2, 0.25) is 0 Å². The first kappa shape index (κ1) is 29.6. The van der Waals surface area contributed by atoms with Crippen LogP contribution >= 0.6 is 0 Å². The first-order chi connectivity index (χ1) is 18.9. The van der Waals surface area contributed by atoms with Crippen molar-refractivity contribution in [3.8, 4) is 5.88 Å². The molecule has 1 amide bonds. The van der Waals surface area contributed by atoms with E-state index < -0.39 is 47.4 Å². The van der Waals surface area contributed by atoms with E-state index in [2.05, 4.69) is 10.3 Å². The minimum absolute atomic E-state index is 0.148. The van der Waals surface area contributed by atoms with Crippen LogP contribution < -0.4 is 10.1 Å². The van der Waals surface area contributed by atoms with Crippen LogP contribution in [0.1, 0.15) is 63.1 Å². The summed E-state index contributed by atoms with van der Waals surface area (Å²) in [4.78, 5) is 32.8. The SMILES string of the molecule is COc1cc(C(F)(F)F)cc(N[C@@H]2[C@@H](C(C)(C)OC)[C@H](C(=O)O)N(C(=O)C3CCCCC3)[C@@H]2c2ccccc2)n1. The Morgan fingerprint density at radius 2 is 1.70 bits per heavy atom. The third-order valence-electron chi connectivity index (χ3n) is 8.25. The second-order valence-electron chi connectivity index (χ2n) is 11.0. The number of likely N-dealkylation sites (tertiary alicyclic amines) is 1. The molecule has 2 aliphatic rings. The lowest BCUT2D eigenvalue weighted by molar-refractivity contribution is -0.156. The minimum Gasteiger partial charge on any atom is -0.481 e. The van der Waals surface area contributed by atoms with Gasteiger partial charge in [0.2, 0.25) is 11.8 Å². The first-order valence-electron chi connectivity index (χ1n) is 13.4. The van der Waals surface area contributed by atoms with Crippen molar-refractivity contribution in [1.29, 1.82) is 0 Å². The number of hydrogen-bond donors (Lipinski definition) is 2. The fourth-order valence-corrected chi connectivity index (χ4v) is 6.17. The van der Waals surface area contributed by atoms with Gasteiger partial charge < -0.3 is 24.8 Å². The highest BCUT2D eigenvalue weighted by Gasteiger charge is 2.60. The second-order valence-corrected chi connectivity index (χ2v) is 11.0. The lowest BCUT2D eigenvalue weighted by Crippen LogP contribution is -2.52. The van der Waals surface area contributed by atoms with Crippen LogP contribution in [0, 0.1) is 11.8 Å². The first-order valence-corrected chi connectivity index (χ1v) is 13.4. The molecule has 1 aliphatic carbocycles. The maximum absolute atomic E-state index is 14.2. The smallest absolute Gasteiger partial charge is 0.416 e. The normalized spacial score (nSPS) is 24.1. The Morgan fingerprint density at radius 1 is 1.05 bits per heavy atom.